The molecular weight excluding hydrogens is 716 g/mol. The van der Waals surface area contributed by atoms with Crippen molar-refractivity contribution in [2.75, 3.05) is 6.61 Å². The molecule has 4 fully saturated rings. The number of ether oxygens (including phenoxy) is 7. The Bertz CT molecular complexity index is 1470. The van der Waals surface area contributed by atoms with E-state index in [2.05, 4.69) is 6.58 Å². The van der Waals surface area contributed by atoms with Gasteiger partial charge in [-0.05, 0) is 31.6 Å². The molecule has 1 spiro atoms. The molecule has 1 N–H and O–H groups in total. The maximum Gasteiger partial charge on any atom is 0.312 e. The number of epoxide rings is 1. The van der Waals surface area contributed by atoms with Crippen molar-refractivity contribution < 1.29 is 67.0 Å². The number of carbonyl (C=O) groups is 6. The molecule has 0 aromatic heterocycles. The standard InChI is InChI=1S/C38H55ClO14/c1-17(2)14-25(42)51-28-31(48-22(9)40)36(11)24(50-34(44)19(5)6)13-12-20(7)27(39)30-38(46,21(8)35(45)53-30)33(49-23(10)41)29(36)37(16-47-37)32(28)52-26(43)15-18(3)4/h17-19,21,24,27-33,46H,7,12-16H2,1-6,8-11H3. The van der Waals surface area contributed by atoms with Crippen LogP contribution in [-0.4, -0.2) is 101 Å². The van der Waals surface area contributed by atoms with Gasteiger partial charge in [0.1, 0.15) is 17.8 Å². The van der Waals surface area contributed by atoms with Crippen molar-refractivity contribution in [2.24, 2.45) is 35.0 Å². The number of carbonyl (C=O) groups excluding carboxylic acids is 6. The van der Waals surface area contributed by atoms with Crippen molar-refractivity contribution in [1.29, 1.82) is 0 Å². The molecule has 12 atom stereocenters. The summed E-state index contributed by atoms with van der Waals surface area (Å²) >= 11 is 6.95. The van der Waals surface area contributed by atoms with Gasteiger partial charge in [-0.1, -0.05) is 60.6 Å². The molecule has 2 saturated heterocycles. The summed E-state index contributed by atoms with van der Waals surface area (Å²) in [6, 6.07) is 0. The average molecular weight is 771 g/mol. The summed E-state index contributed by atoms with van der Waals surface area (Å²) in [5.41, 5.74) is -5.60. The third-order valence-electron chi connectivity index (χ3n) is 10.9. The van der Waals surface area contributed by atoms with Crippen LogP contribution in [0.2, 0.25) is 0 Å². The number of hydrogen-bond donors (Lipinski definition) is 1. The third kappa shape index (κ3) is 8.10. The van der Waals surface area contributed by atoms with Crippen LogP contribution in [0.5, 0.6) is 0 Å². The van der Waals surface area contributed by atoms with Gasteiger partial charge in [0.05, 0.1) is 29.2 Å². The minimum Gasteiger partial charge on any atom is -0.461 e. The Morgan fingerprint density at radius 1 is 0.887 bits per heavy atom. The second-order valence-electron chi connectivity index (χ2n) is 16.4. The van der Waals surface area contributed by atoms with Gasteiger partial charge < -0.3 is 38.3 Å². The van der Waals surface area contributed by atoms with Gasteiger partial charge in [0, 0.05) is 32.6 Å². The zero-order valence-electron chi connectivity index (χ0n) is 32.3. The van der Waals surface area contributed by atoms with Gasteiger partial charge >= 0.3 is 35.8 Å². The number of rotatable bonds is 10. The van der Waals surface area contributed by atoms with Crippen molar-refractivity contribution in [3.05, 3.63) is 12.2 Å². The Balaban J connectivity index is 2.14. The number of hydrogen-bond acceptors (Lipinski definition) is 14. The van der Waals surface area contributed by atoms with Crippen molar-refractivity contribution in [3.63, 3.8) is 0 Å². The topological polar surface area (TPSA) is 191 Å². The van der Waals surface area contributed by atoms with Gasteiger partial charge in [-0.25, -0.2) is 0 Å². The van der Waals surface area contributed by atoms with Gasteiger partial charge in [-0.2, -0.15) is 0 Å². The molecular formula is C38H55ClO14. The first kappa shape index (κ1) is 42.5. The summed E-state index contributed by atoms with van der Waals surface area (Å²) in [5.74, 6) is -8.28. The van der Waals surface area contributed by atoms with Crippen LogP contribution in [0.3, 0.4) is 0 Å². The lowest BCUT2D eigenvalue weighted by Crippen LogP contribution is -2.76. The molecule has 0 aromatic carbocycles. The predicted octanol–water partition coefficient (Wildman–Crippen LogP) is 3.99. The first-order valence-corrected chi connectivity index (χ1v) is 18.8. The highest BCUT2D eigenvalue weighted by Gasteiger charge is 2.81. The van der Waals surface area contributed by atoms with E-state index in [1.165, 1.54) is 6.92 Å². The molecule has 14 nitrogen and oxygen atoms in total. The number of alkyl halides is 1. The molecule has 298 valence electrons. The van der Waals surface area contributed by atoms with E-state index in [9.17, 15) is 33.9 Å². The fraction of sp³-hybridized carbons (Fsp3) is 0.789. The Kier molecular flexibility index (Phi) is 12.7. The average Bonchev–Trinajstić information content (AvgIpc) is 3.78. The van der Waals surface area contributed by atoms with Crippen molar-refractivity contribution in [3.8, 4) is 0 Å². The molecule has 2 saturated carbocycles. The summed E-state index contributed by atoms with van der Waals surface area (Å²) in [4.78, 5) is 80.4. The lowest BCUT2D eigenvalue weighted by atomic mass is 9.51. The molecule has 0 bridgehead atoms. The second-order valence-corrected chi connectivity index (χ2v) is 16.8. The van der Waals surface area contributed by atoms with Crippen LogP contribution < -0.4 is 0 Å². The molecule has 0 aromatic rings. The monoisotopic (exact) mass is 770 g/mol. The van der Waals surface area contributed by atoms with E-state index >= 15 is 0 Å². The first-order chi connectivity index (χ1) is 24.5. The zero-order valence-corrected chi connectivity index (χ0v) is 33.1. The Labute approximate surface area is 315 Å². The van der Waals surface area contributed by atoms with Crippen LogP contribution >= 0.6 is 11.6 Å². The smallest absolute Gasteiger partial charge is 0.312 e. The van der Waals surface area contributed by atoms with Gasteiger partial charge in [-0.3, -0.25) is 28.8 Å². The molecule has 4 rings (SSSR count). The largest absolute Gasteiger partial charge is 0.461 e. The number of fused-ring (bicyclic) bond motifs is 3. The fourth-order valence-corrected chi connectivity index (χ4v) is 8.66. The van der Waals surface area contributed by atoms with Gasteiger partial charge in [-0.15, -0.1) is 11.6 Å². The van der Waals surface area contributed by atoms with Crippen molar-refractivity contribution in [2.45, 2.75) is 148 Å². The van der Waals surface area contributed by atoms with Crippen LogP contribution in [0.15, 0.2) is 12.2 Å². The maximum atomic E-state index is 13.6. The highest BCUT2D eigenvalue weighted by molar-refractivity contribution is 6.23. The van der Waals surface area contributed by atoms with E-state index in [0.29, 0.717) is 5.57 Å². The van der Waals surface area contributed by atoms with Crippen molar-refractivity contribution >= 4 is 47.4 Å². The summed E-state index contributed by atoms with van der Waals surface area (Å²) in [7, 11) is 0. The molecule has 4 aliphatic rings. The second kappa shape index (κ2) is 15.9. The van der Waals surface area contributed by atoms with Crippen molar-refractivity contribution in [1.82, 2.24) is 0 Å². The molecule has 2 aliphatic heterocycles. The van der Waals surface area contributed by atoms with Crippen LogP contribution in [0.1, 0.15) is 94.9 Å². The minimum atomic E-state index is -2.40. The molecule has 2 heterocycles. The van der Waals surface area contributed by atoms with Gasteiger partial charge in [0.25, 0.3) is 0 Å². The zero-order chi connectivity index (χ0) is 40.0. The molecule has 2 aliphatic carbocycles. The molecule has 53 heavy (non-hydrogen) atoms. The van der Waals surface area contributed by atoms with E-state index < -0.39 is 112 Å². The van der Waals surface area contributed by atoms with Gasteiger partial charge in [0.15, 0.2) is 30.0 Å². The van der Waals surface area contributed by atoms with E-state index in [1.54, 1.807) is 48.5 Å². The number of esters is 6. The predicted molar refractivity (Wildman–Crippen MR) is 187 cm³/mol. The quantitative estimate of drug-likeness (QED) is 0.110. The SMILES string of the molecule is C=C1CCC(OC(=O)C(C)C)C2(C)C(OC(C)=O)C(OC(=O)CC(C)C)C(OC(=O)CC(C)C)C3(CO3)C2C(OC(C)=O)C2(O)C(C)C(=O)OC2C1Cl. The van der Waals surface area contributed by atoms with Crippen LogP contribution in [0.25, 0.3) is 0 Å². The van der Waals surface area contributed by atoms with E-state index in [4.69, 9.17) is 44.8 Å². The Hall–Kier alpha value is -3.23. The summed E-state index contributed by atoms with van der Waals surface area (Å²) in [6.45, 7) is 19.6. The highest BCUT2D eigenvalue weighted by atomic mass is 35.5. The fourth-order valence-electron chi connectivity index (χ4n) is 8.29. The molecule has 0 amide bonds. The maximum absolute atomic E-state index is 13.6. The third-order valence-corrected chi connectivity index (χ3v) is 11.5. The van der Waals surface area contributed by atoms with Crippen LogP contribution in [0, 0.1) is 35.0 Å². The molecule has 0 radical (unpaired) electrons. The summed E-state index contributed by atoms with van der Waals surface area (Å²) in [6.07, 6.45) is -9.21. The molecule has 12 unspecified atom stereocenters. The molecule has 15 heteroatoms. The minimum absolute atomic E-state index is 0.00668. The lowest BCUT2D eigenvalue weighted by molar-refractivity contribution is -0.286. The summed E-state index contributed by atoms with van der Waals surface area (Å²) < 4.78 is 42.8. The Morgan fingerprint density at radius 2 is 1.42 bits per heavy atom. The van der Waals surface area contributed by atoms with Gasteiger partial charge in [0.2, 0.25) is 0 Å². The lowest BCUT2D eigenvalue weighted by Gasteiger charge is -2.60. The number of aliphatic hydroxyl groups is 1. The summed E-state index contributed by atoms with van der Waals surface area (Å²) in [5, 5.41) is 11.8. The van der Waals surface area contributed by atoms with E-state index in [0.717, 1.165) is 13.8 Å². The number of halogens is 1. The van der Waals surface area contributed by atoms with E-state index in [-0.39, 0.29) is 44.1 Å². The Morgan fingerprint density at radius 3 is 1.91 bits per heavy atom. The first-order valence-electron chi connectivity index (χ1n) is 18.3. The highest BCUT2D eigenvalue weighted by Crippen LogP contribution is 2.64. The van der Waals surface area contributed by atoms with E-state index in [1.807, 2.05) is 0 Å². The van der Waals surface area contributed by atoms with Crippen LogP contribution in [-0.2, 0) is 61.9 Å². The van der Waals surface area contributed by atoms with Crippen LogP contribution in [0.4, 0.5) is 0 Å². The normalized spacial score (nSPS) is 38.1.